The van der Waals surface area contributed by atoms with Crippen LogP contribution in [0.2, 0.25) is 10.0 Å². The predicted molar refractivity (Wildman–Crippen MR) is 121 cm³/mol. The van der Waals surface area contributed by atoms with Crippen molar-refractivity contribution in [2.45, 2.75) is 31.7 Å². The SMILES string of the molecule is O=C(Nc1ccc(C(=O)N2CCC(NC(=O)C3CC3)CC2)cc1)c1cc(Cl)cc(Cl)c1. The molecule has 1 saturated carbocycles. The van der Waals surface area contributed by atoms with E-state index in [0.29, 0.717) is 39.9 Å². The summed E-state index contributed by atoms with van der Waals surface area (Å²) in [6, 6.07) is 11.6. The maximum Gasteiger partial charge on any atom is 0.255 e. The number of nitrogens with one attached hydrogen (secondary N) is 2. The van der Waals surface area contributed by atoms with E-state index in [0.717, 1.165) is 25.7 Å². The molecule has 162 valence electrons. The zero-order valence-corrected chi connectivity index (χ0v) is 18.4. The summed E-state index contributed by atoms with van der Waals surface area (Å²) < 4.78 is 0. The van der Waals surface area contributed by atoms with E-state index in [9.17, 15) is 14.4 Å². The minimum Gasteiger partial charge on any atom is -0.353 e. The number of nitrogens with zero attached hydrogens (tertiary/aromatic N) is 1. The monoisotopic (exact) mass is 459 g/mol. The van der Waals surface area contributed by atoms with Crippen LogP contribution in [0.4, 0.5) is 5.69 Å². The Bertz CT molecular complexity index is 977. The summed E-state index contributed by atoms with van der Waals surface area (Å²) in [5.41, 5.74) is 1.48. The van der Waals surface area contributed by atoms with Gasteiger partial charge in [-0.3, -0.25) is 14.4 Å². The van der Waals surface area contributed by atoms with Gasteiger partial charge in [-0.2, -0.15) is 0 Å². The fourth-order valence-corrected chi connectivity index (χ4v) is 4.18. The molecule has 0 bridgehead atoms. The largest absolute Gasteiger partial charge is 0.353 e. The van der Waals surface area contributed by atoms with Crippen LogP contribution in [-0.2, 0) is 4.79 Å². The van der Waals surface area contributed by atoms with Gasteiger partial charge in [-0.25, -0.2) is 0 Å². The molecule has 2 aromatic carbocycles. The van der Waals surface area contributed by atoms with Gasteiger partial charge in [0.1, 0.15) is 0 Å². The standard InChI is InChI=1S/C23H23Cl2N3O3/c24-17-11-16(12-18(25)13-17)22(30)26-19-5-3-15(4-6-19)23(31)28-9-7-20(8-10-28)27-21(29)14-1-2-14/h3-6,11-14,20H,1-2,7-10H2,(H,26,30)(H,27,29). The van der Waals surface area contributed by atoms with Crippen LogP contribution in [0.15, 0.2) is 42.5 Å². The lowest BCUT2D eigenvalue weighted by atomic mass is 10.0. The predicted octanol–water partition coefficient (Wildman–Crippen LogP) is 4.38. The van der Waals surface area contributed by atoms with Crippen LogP contribution in [0.5, 0.6) is 0 Å². The van der Waals surface area contributed by atoms with Crippen molar-refractivity contribution in [3.05, 3.63) is 63.6 Å². The highest BCUT2D eigenvalue weighted by Crippen LogP contribution is 2.29. The zero-order valence-electron chi connectivity index (χ0n) is 16.9. The molecule has 4 rings (SSSR count). The number of hydrogen-bond donors (Lipinski definition) is 2. The summed E-state index contributed by atoms with van der Waals surface area (Å²) in [5, 5.41) is 6.64. The molecule has 1 saturated heterocycles. The summed E-state index contributed by atoms with van der Waals surface area (Å²) in [6.45, 7) is 1.23. The molecule has 0 atom stereocenters. The molecule has 2 aromatic rings. The van der Waals surface area contributed by atoms with Gasteiger partial charge >= 0.3 is 0 Å². The van der Waals surface area contributed by atoms with Crippen molar-refractivity contribution in [2.24, 2.45) is 5.92 Å². The summed E-state index contributed by atoms with van der Waals surface area (Å²) >= 11 is 11.9. The molecule has 2 aliphatic rings. The third kappa shape index (κ3) is 5.57. The average molecular weight is 460 g/mol. The molecule has 1 aliphatic carbocycles. The minimum atomic E-state index is -0.334. The maximum atomic E-state index is 12.8. The Hall–Kier alpha value is -2.57. The van der Waals surface area contributed by atoms with Crippen molar-refractivity contribution in [3.63, 3.8) is 0 Å². The second kappa shape index (κ2) is 9.28. The van der Waals surface area contributed by atoms with E-state index in [-0.39, 0.29) is 29.7 Å². The van der Waals surface area contributed by atoms with E-state index >= 15 is 0 Å². The Labute approximate surface area is 190 Å². The Morgan fingerprint density at radius 1 is 0.839 bits per heavy atom. The molecule has 31 heavy (non-hydrogen) atoms. The number of rotatable bonds is 5. The van der Waals surface area contributed by atoms with Crippen LogP contribution in [0.1, 0.15) is 46.4 Å². The Morgan fingerprint density at radius 3 is 2.03 bits per heavy atom. The summed E-state index contributed by atoms with van der Waals surface area (Å²) in [5.74, 6) is -0.0257. The van der Waals surface area contributed by atoms with Gasteiger partial charge < -0.3 is 15.5 Å². The van der Waals surface area contributed by atoms with Crippen LogP contribution < -0.4 is 10.6 Å². The van der Waals surface area contributed by atoms with E-state index in [1.807, 2.05) is 0 Å². The smallest absolute Gasteiger partial charge is 0.255 e. The van der Waals surface area contributed by atoms with Crippen LogP contribution in [0, 0.1) is 5.92 Å². The first-order valence-corrected chi connectivity index (χ1v) is 11.1. The highest BCUT2D eigenvalue weighted by molar-refractivity contribution is 6.35. The van der Waals surface area contributed by atoms with Gasteiger partial charge in [0.2, 0.25) is 5.91 Å². The van der Waals surface area contributed by atoms with Crippen molar-refractivity contribution in [1.82, 2.24) is 10.2 Å². The number of halogens is 2. The molecule has 2 fully saturated rings. The molecule has 1 heterocycles. The van der Waals surface area contributed by atoms with Crippen molar-refractivity contribution in [1.29, 1.82) is 0 Å². The first-order valence-electron chi connectivity index (χ1n) is 10.4. The number of benzene rings is 2. The molecule has 1 aliphatic heterocycles. The lowest BCUT2D eigenvalue weighted by molar-refractivity contribution is -0.123. The third-order valence-corrected chi connectivity index (χ3v) is 6.03. The molecule has 8 heteroatoms. The lowest BCUT2D eigenvalue weighted by Crippen LogP contribution is -2.46. The fraction of sp³-hybridized carbons (Fsp3) is 0.348. The average Bonchev–Trinajstić information content (AvgIpc) is 3.59. The van der Waals surface area contributed by atoms with E-state index in [1.54, 1.807) is 35.2 Å². The third-order valence-electron chi connectivity index (χ3n) is 5.59. The van der Waals surface area contributed by atoms with Crippen LogP contribution >= 0.6 is 23.2 Å². The highest BCUT2D eigenvalue weighted by Gasteiger charge is 2.32. The quantitative estimate of drug-likeness (QED) is 0.696. The maximum absolute atomic E-state index is 12.8. The van der Waals surface area contributed by atoms with Gasteiger partial charge in [0.15, 0.2) is 0 Å². The number of carbonyl (C=O) groups excluding carboxylic acids is 3. The topological polar surface area (TPSA) is 78.5 Å². The van der Waals surface area contributed by atoms with Crippen molar-refractivity contribution in [2.75, 3.05) is 18.4 Å². The van der Waals surface area contributed by atoms with Gasteiger partial charge in [0, 0.05) is 51.9 Å². The molecule has 6 nitrogen and oxygen atoms in total. The van der Waals surface area contributed by atoms with Gasteiger partial charge in [-0.05, 0) is 68.1 Å². The number of carbonyl (C=O) groups is 3. The fourth-order valence-electron chi connectivity index (χ4n) is 3.66. The van der Waals surface area contributed by atoms with Crippen LogP contribution in [0.25, 0.3) is 0 Å². The highest BCUT2D eigenvalue weighted by atomic mass is 35.5. The van der Waals surface area contributed by atoms with Crippen LogP contribution in [-0.4, -0.2) is 41.8 Å². The molecule has 0 aromatic heterocycles. The van der Waals surface area contributed by atoms with Crippen molar-refractivity contribution in [3.8, 4) is 0 Å². The number of hydrogen-bond acceptors (Lipinski definition) is 3. The summed E-state index contributed by atoms with van der Waals surface area (Å²) in [6.07, 6.45) is 3.51. The Balaban J connectivity index is 1.31. The van der Waals surface area contributed by atoms with E-state index in [2.05, 4.69) is 10.6 Å². The van der Waals surface area contributed by atoms with Crippen molar-refractivity contribution >= 4 is 46.6 Å². The number of piperidine rings is 1. The molecular weight excluding hydrogens is 437 g/mol. The molecule has 3 amide bonds. The number of likely N-dealkylation sites (tertiary alicyclic amines) is 1. The number of anilines is 1. The summed E-state index contributed by atoms with van der Waals surface area (Å²) in [7, 11) is 0. The lowest BCUT2D eigenvalue weighted by Gasteiger charge is -2.32. The minimum absolute atomic E-state index is 0.0496. The first kappa shape index (κ1) is 21.7. The molecule has 0 spiro atoms. The Kier molecular flexibility index (Phi) is 6.49. The second-order valence-corrected chi connectivity index (χ2v) is 8.91. The normalized spacial score (nSPS) is 16.6. The van der Waals surface area contributed by atoms with Gasteiger partial charge in [-0.1, -0.05) is 23.2 Å². The molecule has 0 unspecified atom stereocenters. The summed E-state index contributed by atoms with van der Waals surface area (Å²) in [4.78, 5) is 38.9. The van der Waals surface area contributed by atoms with Crippen molar-refractivity contribution < 1.29 is 14.4 Å². The molecule has 0 radical (unpaired) electrons. The number of amides is 3. The first-order chi connectivity index (χ1) is 14.9. The van der Waals surface area contributed by atoms with Gasteiger partial charge in [-0.15, -0.1) is 0 Å². The zero-order chi connectivity index (χ0) is 22.0. The van der Waals surface area contributed by atoms with E-state index in [1.165, 1.54) is 12.1 Å². The Morgan fingerprint density at radius 2 is 1.45 bits per heavy atom. The van der Waals surface area contributed by atoms with Crippen LogP contribution in [0.3, 0.4) is 0 Å². The van der Waals surface area contributed by atoms with Gasteiger partial charge in [0.05, 0.1) is 0 Å². The van der Waals surface area contributed by atoms with E-state index < -0.39 is 0 Å². The van der Waals surface area contributed by atoms with E-state index in [4.69, 9.17) is 23.2 Å². The molecule has 2 N–H and O–H groups in total. The second-order valence-electron chi connectivity index (χ2n) is 8.04. The van der Waals surface area contributed by atoms with Gasteiger partial charge in [0.25, 0.3) is 11.8 Å². The molecular formula is C23H23Cl2N3O3.